The van der Waals surface area contributed by atoms with E-state index >= 15 is 0 Å². The Balaban J connectivity index is 1.21. The van der Waals surface area contributed by atoms with Crippen LogP contribution in [0.25, 0.3) is 10.1 Å². The third-order valence-electron chi connectivity index (χ3n) is 5.07. The van der Waals surface area contributed by atoms with Crippen LogP contribution in [0, 0.1) is 0 Å². The number of benzene rings is 1. The predicted molar refractivity (Wildman–Crippen MR) is 118 cm³/mol. The second kappa shape index (κ2) is 9.24. The van der Waals surface area contributed by atoms with Crippen molar-refractivity contribution >= 4 is 33.3 Å². The van der Waals surface area contributed by atoms with E-state index in [0.717, 1.165) is 37.5 Å². The highest BCUT2D eigenvalue weighted by molar-refractivity contribution is 7.17. The number of hydrogen-bond acceptors (Lipinski definition) is 5. The van der Waals surface area contributed by atoms with Crippen molar-refractivity contribution in [2.75, 3.05) is 31.1 Å². The van der Waals surface area contributed by atoms with Gasteiger partial charge in [0.25, 0.3) is 0 Å². The summed E-state index contributed by atoms with van der Waals surface area (Å²) < 4.78 is 6.86. The van der Waals surface area contributed by atoms with Gasteiger partial charge in [-0.3, -0.25) is 0 Å². The molecule has 1 aromatic carbocycles. The Hall–Kier alpha value is -2.64. The normalized spacial score (nSPS) is 16.7. The maximum absolute atomic E-state index is 12.1. The number of anilines is 1. The average Bonchev–Trinajstić information content (AvgIpc) is 3.16. The zero-order chi connectivity index (χ0) is 20.1. The maximum Gasteiger partial charge on any atom is 0.315 e. The van der Waals surface area contributed by atoms with Gasteiger partial charge in [0.15, 0.2) is 0 Å². The second-order valence-electron chi connectivity index (χ2n) is 7.27. The quantitative estimate of drug-likeness (QED) is 0.652. The van der Waals surface area contributed by atoms with E-state index in [9.17, 15) is 4.79 Å². The first-order valence-corrected chi connectivity index (χ1v) is 10.9. The van der Waals surface area contributed by atoms with E-state index in [2.05, 4.69) is 57.1 Å². The molecule has 0 aliphatic carbocycles. The molecule has 3 aromatic rings. The Morgan fingerprint density at radius 1 is 1.28 bits per heavy atom. The molecule has 2 amide bonds. The van der Waals surface area contributed by atoms with E-state index in [4.69, 9.17) is 4.74 Å². The Labute approximate surface area is 174 Å². The van der Waals surface area contributed by atoms with Gasteiger partial charge in [-0.1, -0.05) is 24.3 Å². The number of hydrogen-bond donors (Lipinski definition) is 2. The number of thiophene rings is 1. The number of aromatic nitrogens is 1. The lowest BCUT2D eigenvalue weighted by Gasteiger charge is -2.32. The van der Waals surface area contributed by atoms with Gasteiger partial charge in [-0.05, 0) is 47.4 Å². The van der Waals surface area contributed by atoms with Crippen LogP contribution in [0.2, 0.25) is 0 Å². The molecule has 1 aliphatic heterocycles. The van der Waals surface area contributed by atoms with Crippen LogP contribution < -0.4 is 15.5 Å². The molecule has 1 saturated heterocycles. The molecule has 7 heteroatoms. The minimum atomic E-state index is -0.157. The van der Waals surface area contributed by atoms with Crippen LogP contribution in [0.15, 0.2) is 48.0 Å². The monoisotopic (exact) mass is 410 g/mol. The number of rotatable bonds is 6. The summed E-state index contributed by atoms with van der Waals surface area (Å²) in [4.78, 5) is 18.9. The van der Waals surface area contributed by atoms with E-state index in [1.165, 1.54) is 15.6 Å². The molecule has 6 nitrogen and oxygen atoms in total. The molecule has 2 aromatic heterocycles. The van der Waals surface area contributed by atoms with Crippen LogP contribution in [-0.4, -0.2) is 43.4 Å². The molecule has 152 valence electrons. The molecule has 0 bridgehead atoms. The molecule has 1 aliphatic rings. The Bertz CT molecular complexity index is 957. The number of pyridine rings is 1. The summed E-state index contributed by atoms with van der Waals surface area (Å²) in [6.07, 6.45) is 2.88. The molecule has 3 heterocycles. The largest absolute Gasteiger partial charge is 0.375 e. The van der Waals surface area contributed by atoms with Gasteiger partial charge in [-0.15, -0.1) is 11.3 Å². The number of carbonyl (C=O) groups excluding carboxylic acids is 1. The topological polar surface area (TPSA) is 66.5 Å². The molecular formula is C22H26N4O2S. The molecule has 2 N–H and O–H groups in total. The highest BCUT2D eigenvalue weighted by Crippen LogP contribution is 2.25. The van der Waals surface area contributed by atoms with Crippen molar-refractivity contribution in [3.05, 3.63) is 59.1 Å². The summed E-state index contributed by atoms with van der Waals surface area (Å²) in [7, 11) is 0. The summed E-state index contributed by atoms with van der Waals surface area (Å²) in [5.74, 6) is 0.955. The summed E-state index contributed by atoms with van der Waals surface area (Å²) >= 11 is 1.75. The van der Waals surface area contributed by atoms with Gasteiger partial charge in [-0.2, -0.15) is 0 Å². The van der Waals surface area contributed by atoms with Crippen LogP contribution in [-0.2, 0) is 17.7 Å². The first-order chi connectivity index (χ1) is 14.2. The molecule has 4 rings (SSSR count). The van der Waals surface area contributed by atoms with E-state index in [0.29, 0.717) is 13.1 Å². The van der Waals surface area contributed by atoms with E-state index in [1.54, 1.807) is 11.3 Å². The number of amides is 2. The third-order valence-corrected chi connectivity index (χ3v) is 6.08. The van der Waals surface area contributed by atoms with Crippen molar-refractivity contribution in [2.45, 2.75) is 26.0 Å². The summed E-state index contributed by atoms with van der Waals surface area (Å²) in [5, 5.41) is 9.29. The summed E-state index contributed by atoms with van der Waals surface area (Å²) in [6.45, 7) is 5.58. The SMILES string of the molecule is CC1CN(c2ccc(CNC(=O)NCCc3csc4ccccc34)cn2)CCO1. The summed E-state index contributed by atoms with van der Waals surface area (Å²) in [6, 6.07) is 12.2. The Morgan fingerprint density at radius 2 is 2.17 bits per heavy atom. The number of morpholine rings is 1. The van der Waals surface area contributed by atoms with Crippen LogP contribution >= 0.6 is 11.3 Å². The van der Waals surface area contributed by atoms with E-state index < -0.39 is 0 Å². The highest BCUT2D eigenvalue weighted by atomic mass is 32.1. The van der Waals surface area contributed by atoms with Gasteiger partial charge in [0.1, 0.15) is 5.82 Å². The van der Waals surface area contributed by atoms with Crippen LogP contribution in [0.5, 0.6) is 0 Å². The molecular weight excluding hydrogens is 384 g/mol. The molecule has 0 spiro atoms. The van der Waals surface area contributed by atoms with E-state index in [-0.39, 0.29) is 12.1 Å². The van der Waals surface area contributed by atoms with Gasteiger partial charge in [0, 0.05) is 37.1 Å². The Morgan fingerprint density at radius 3 is 3.00 bits per heavy atom. The summed E-state index contributed by atoms with van der Waals surface area (Å²) in [5.41, 5.74) is 2.26. The van der Waals surface area contributed by atoms with Crippen molar-refractivity contribution < 1.29 is 9.53 Å². The van der Waals surface area contributed by atoms with Gasteiger partial charge >= 0.3 is 6.03 Å². The lowest BCUT2D eigenvalue weighted by Crippen LogP contribution is -2.41. The minimum Gasteiger partial charge on any atom is -0.375 e. The van der Waals surface area contributed by atoms with Crippen molar-refractivity contribution in [2.24, 2.45) is 0 Å². The Kier molecular flexibility index (Phi) is 6.27. The third kappa shape index (κ3) is 5.05. The molecule has 0 saturated carbocycles. The fraction of sp³-hybridized carbons (Fsp3) is 0.364. The van der Waals surface area contributed by atoms with Gasteiger partial charge in [0.05, 0.1) is 12.7 Å². The predicted octanol–water partition coefficient (Wildman–Crippen LogP) is 3.56. The first kappa shape index (κ1) is 19.7. The highest BCUT2D eigenvalue weighted by Gasteiger charge is 2.17. The van der Waals surface area contributed by atoms with Crippen LogP contribution in [0.4, 0.5) is 10.6 Å². The van der Waals surface area contributed by atoms with Crippen LogP contribution in [0.1, 0.15) is 18.1 Å². The average molecular weight is 411 g/mol. The number of nitrogens with zero attached hydrogens (tertiary/aromatic N) is 2. The minimum absolute atomic E-state index is 0.157. The van der Waals surface area contributed by atoms with E-state index in [1.807, 2.05) is 18.3 Å². The van der Waals surface area contributed by atoms with Crippen molar-refractivity contribution in [1.82, 2.24) is 15.6 Å². The molecule has 29 heavy (non-hydrogen) atoms. The van der Waals surface area contributed by atoms with Crippen molar-refractivity contribution in [1.29, 1.82) is 0 Å². The second-order valence-corrected chi connectivity index (χ2v) is 8.18. The van der Waals surface area contributed by atoms with Gasteiger partial charge in [0.2, 0.25) is 0 Å². The zero-order valence-electron chi connectivity index (χ0n) is 16.6. The number of nitrogens with one attached hydrogen (secondary N) is 2. The van der Waals surface area contributed by atoms with Crippen molar-refractivity contribution in [3.63, 3.8) is 0 Å². The van der Waals surface area contributed by atoms with Gasteiger partial charge < -0.3 is 20.3 Å². The number of urea groups is 1. The number of carbonyl (C=O) groups is 1. The zero-order valence-corrected chi connectivity index (χ0v) is 17.4. The smallest absolute Gasteiger partial charge is 0.315 e. The molecule has 0 radical (unpaired) electrons. The maximum atomic E-state index is 12.1. The number of fused-ring (bicyclic) bond motifs is 1. The fourth-order valence-electron chi connectivity index (χ4n) is 3.52. The fourth-order valence-corrected chi connectivity index (χ4v) is 4.51. The van der Waals surface area contributed by atoms with Crippen LogP contribution in [0.3, 0.4) is 0 Å². The molecule has 1 fully saturated rings. The standard InChI is InChI=1S/C22H26N4O2S/c1-16-14-26(10-11-28-16)21-7-6-17(12-24-21)13-25-22(27)23-9-8-18-15-29-20-5-3-2-4-19(18)20/h2-7,12,15-16H,8-11,13-14H2,1H3,(H2,23,25,27). The molecule has 1 atom stereocenters. The van der Waals surface area contributed by atoms with Gasteiger partial charge in [-0.25, -0.2) is 9.78 Å². The van der Waals surface area contributed by atoms with Crippen molar-refractivity contribution in [3.8, 4) is 0 Å². The lowest BCUT2D eigenvalue weighted by atomic mass is 10.1. The number of ether oxygens (including phenoxy) is 1. The molecule has 1 unspecified atom stereocenters. The first-order valence-electron chi connectivity index (χ1n) is 9.97. The lowest BCUT2D eigenvalue weighted by molar-refractivity contribution is 0.0529.